The molecule has 1 amide bonds. The summed E-state index contributed by atoms with van der Waals surface area (Å²) < 4.78 is 7.46. The van der Waals surface area contributed by atoms with Crippen LogP contribution in [0.15, 0.2) is 54.9 Å². The van der Waals surface area contributed by atoms with Gasteiger partial charge in [0.15, 0.2) is 0 Å². The van der Waals surface area contributed by atoms with E-state index in [2.05, 4.69) is 34.1 Å². The monoisotopic (exact) mass is 447 g/mol. The minimum absolute atomic E-state index is 0.139. The Morgan fingerprint density at radius 3 is 2.79 bits per heavy atom. The van der Waals surface area contributed by atoms with Crippen LogP contribution in [-0.2, 0) is 13.1 Å². The van der Waals surface area contributed by atoms with Crippen LogP contribution < -0.4 is 10.1 Å². The molecule has 1 aliphatic rings. The zero-order valence-corrected chi connectivity index (χ0v) is 19.7. The molecule has 33 heavy (non-hydrogen) atoms. The Bertz CT molecular complexity index is 1070. The van der Waals surface area contributed by atoms with Crippen LogP contribution in [0.3, 0.4) is 0 Å². The van der Waals surface area contributed by atoms with Gasteiger partial charge in [0.25, 0.3) is 5.91 Å². The Labute approximate surface area is 195 Å². The van der Waals surface area contributed by atoms with Crippen molar-refractivity contribution < 1.29 is 9.53 Å². The van der Waals surface area contributed by atoms with Crippen LogP contribution in [0.5, 0.6) is 5.75 Å². The fraction of sp³-hybridized carbons (Fsp3) is 0.423. The SMILES string of the molecule is CCn1ncc(CN2CCC[C@@H]([C@@H](NC(=O)c3ccccc3OC)c3ccccn3)C2)c1C. The highest BCUT2D eigenvalue weighted by molar-refractivity contribution is 5.97. The summed E-state index contributed by atoms with van der Waals surface area (Å²) in [6.07, 6.45) is 5.90. The molecule has 1 N–H and O–H groups in total. The van der Waals surface area contributed by atoms with Gasteiger partial charge in [-0.15, -0.1) is 0 Å². The molecule has 3 heterocycles. The molecule has 174 valence electrons. The van der Waals surface area contributed by atoms with E-state index in [4.69, 9.17) is 4.74 Å². The van der Waals surface area contributed by atoms with E-state index in [1.54, 1.807) is 19.4 Å². The lowest BCUT2D eigenvalue weighted by Gasteiger charge is -2.37. The van der Waals surface area contributed by atoms with Gasteiger partial charge in [-0.25, -0.2) is 0 Å². The van der Waals surface area contributed by atoms with Crippen molar-refractivity contribution in [2.45, 2.75) is 45.8 Å². The maximum absolute atomic E-state index is 13.3. The van der Waals surface area contributed by atoms with Crippen molar-refractivity contribution in [2.75, 3.05) is 20.2 Å². The number of para-hydroxylation sites is 1. The number of carbonyl (C=O) groups excluding carboxylic acids is 1. The summed E-state index contributed by atoms with van der Waals surface area (Å²) in [5, 5.41) is 7.78. The first kappa shape index (κ1) is 23.0. The van der Waals surface area contributed by atoms with E-state index in [1.807, 2.05) is 47.3 Å². The summed E-state index contributed by atoms with van der Waals surface area (Å²) in [4.78, 5) is 20.3. The Morgan fingerprint density at radius 2 is 2.06 bits per heavy atom. The number of methoxy groups -OCH3 is 1. The highest BCUT2D eigenvalue weighted by Gasteiger charge is 2.31. The first-order valence-electron chi connectivity index (χ1n) is 11.7. The van der Waals surface area contributed by atoms with Gasteiger partial charge in [-0.3, -0.25) is 19.4 Å². The molecule has 0 aliphatic carbocycles. The Morgan fingerprint density at radius 1 is 1.24 bits per heavy atom. The fourth-order valence-corrected chi connectivity index (χ4v) is 4.75. The number of likely N-dealkylation sites (tertiary alicyclic amines) is 1. The van der Waals surface area contributed by atoms with Gasteiger partial charge in [-0.1, -0.05) is 18.2 Å². The number of hydrogen-bond acceptors (Lipinski definition) is 5. The number of pyridine rings is 1. The Kier molecular flexibility index (Phi) is 7.40. The van der Waals surface area contributed by atoms with E-state index in [-0.39, 0.29) is 17.9 Å². The van der Waals surface area contributed by atoms with Crippen molar-refractivity contribution in [2.24, 2.45) is 5.92 Å². The molecule has 0 unspecified atom stereocenters. The van der Waals surface area contributed by atoms with E-state index in [9.17, 15) is 4.79 Å². The van der Waals surface area contributed by atoms with E-state index in [0.29, 0.717) is 11.3 Å². The van der Waals surface area contributed by atoms with Crippen molar-refractivity contribution in [1.82, 2.24) is 25.0 Å². The average Bonchev–Trinajstić information content (AvgIpc) is 3.21. The molecule has 1 saturated heterocycles. The molecular weight excluding hydrogens is 414 g/mol. The van der Waals surface area contributed by atoms with Crippen molar-refractivity contribution in [3.8, 4) is 5.75 Å². The lowest BCUT2D eigenvalue weighted by molar-refractivity contribution is 0.0872. The fourth-order valence-electron chi connectivity index (χ4n) is 4.75. The van der Waals surface area contributed by atoms with Gasteiger partial charge >= 0.3 is 0 Å². The molecule has 7 nitrogen and oxygen atoms in total. The summed E-state index contributed by atoms with van der Waals surface area (Å²) >= 11 is 0. The summed E-state index contributed by atoms with van der Waals surface area (Å²) in [7, 11) is 1.59. The highest BCUT2D eigenvalue weighted by atomic mass is 16.5. The smallest absolute Gasteiger partial charge is 0.255 e. The molecule has 1 fully saturated rings. The Balaban J connectivity index is 1.54. The van der Waals surface area contributed by atoms with Crippen LogP contribution >= 0.6 is 0 Å². The van der Waals surface area contributed by atoms with Crippen molar-refractivity contribution in [3.05, 3.63) is 77.4 Å². The van der Waals surface area contributed by atoms with Gasteiger partial charge in [-0.05, 0) is 63.4 Å². The third kappa shape index (κ3) is 5.25. The van der Waals surface area contributed by atoms with Gasteiger partial charge in [0.2, 0.25) is 0 Å². The van der Waals surface area contributed by atoms with Gasteiger partial charge in [0.05, 0.1) is 30.6 Å². The maximum atomic E-state index is 13.3. The molecule has 2 atom stereocenters. The molecule has 3 aromatic rings. The number of ether oxygens (including phenoxy) is 1. The molecule has 1 aromatic carbocycles. The highest BCUT2D eigenvalue weighted by Crippen LogP contribution is 2.31. The van der Waals surface area contributed by atoms with Gasteiger partial charge in [0, 0.05) is 37.1 Å². The summed E-state index contributed by atoms with van der Waals surface area (Å²) in [5.74, 6) is 0.692. The third-order valence-corrected chi connectivity index (χ3v) is 6.56. The van der Waals surface area contributed by atoms with Crippen LogP contribution in [0.1, 0.15) is 53.1 Å². The Hall–Kier alpha value is -3.19. The first-order chi connectivity index (χ1) is 16.1. The topological polar surface area (TPSA) is 72.3 Å². The summed E-state index contributed by atoms with van der Waals surface area (Å²) in [5.41, 5.74) is 3.93. The molecule has 0 saturated carbocycles. The second-order valence-electron chi connectivity index (χ2n) is 8.61. The first-order valence-corrected chi connectivity index (χ1v) is 11.7. The predicted molar refractivity (Wildman–Crippen MR) is 128 cm³/mol. The normalized spacial score (nSPS) is 17.5. The van der Waals surface area contributed by atoms with Crippen LogP contribution in [0.2, 0.25) is 0 Å². The lowest BCUT2D eigenvalue weighted by Crippen LogP contribution is -2.43. The quantitative estimate of drug-likeness (QED) is 0.565. The minimum Gasteiger partial charge on any atom is -0.496 e. The van der Waals surface area contributed by atoms with E-state index < -0.39 is 0 Å². The number of amides is 1. The van der Waals surface area contributed by atoms with Crippen molar-refractivity contribution >= 4 is 5.91 Å². The molecule has 7 heteroatoms. The second-order valence-corrected chi connectivity index (χ2v) is 8.61. The number of aromatic nitrogens is 3. The number of carbonyl (C=O) groups is 1. The number of aryl methyl sites for hydroxylation is 1. The third-order valence-electron chi connectivity index (χ3n) is 6.56. The number of nitrogens with one attached hydrogen (secondary N) is 1. The largest absolute Gasteiger partial charge is 0.496 e. The van der Waals surface area contributed by atoms with Crippen molar-refractivity contribution in [3.63, 3.8) is 0 Å². The van der Waals surface area contributed by atoms with E-state index >= 15 is 0 Å². The molecule has 2 aromatic heterocycles. The number of benzene rings is 1. The molecule has 0 spiro atoms. The second kappa shape index (κ2) is 10.6. The van der Waals surface area contributed by atoms with Gasteiger partial charge in [0.1, 0.15) is 5.75 Å². The van der Waals surface area contributed by atoms with Crippen molar-refractivity contribution in [1.29, 1.82) is 0 Å². The standard InChI is InChI=1S/C26H33N5O2/c1-4-31-19(2)21(16-28-31)18-30-15-9-10-20(17-30)25(23-12-7-8-14-27-23)29-26(32)22-11-5-6-13-24(22)33-3/h5-8,11-14,16,20,25H,4,9-10,15,17-18H2,1-3H3,(H,29,32)/t20-,25-/m1/s1. The van der Waals surface area contributed by atoms with Gasteiger partial charge in [-0.2, -0.15) is 5.10 Å². The number of rotatable bonds is 8. The van der Waals surface area contributed by atoms with Crippen LogP contribution in [0.4, 0.5) is 0 Å². The average molecular weight is 448 g/mol. The molecule has 0 radical (unpaired) electrons. The maximum Gasteiger partial charge on any atom is 0.255 e. The number of hydrogen-bond donors (Lipinski definition) is 1. The molecular formula is C26H33N5O2. The van der Waals surface area contributed by atoms with Crippen LogP contribution in [0.25, 0.3) is 0 Å². The van der Waals surface area contributed by atoms with Crippen LogP contribution in [-0.4, -0.2) is 45.8 Å². The van der Waals surface area contributed by atoms with E-state index in [0.717, 1.165) is 44.7 Å². The van der Waals surface area contributed by atoms with Gasteiger partial charge < -0.3 is 10.1 Å². The predicted octanol–water partition coefficient (Wildman–Crippen LogP) is 4.00. The zero-order chi connectivity index (χ0) is 23.2. The lowest BCUT2D eigenvalue weighted by atomic mass is 9.88. The minimum atomic E-state index is -0.175. The summed E-state index contributed by atoms with van der Waals surface area (Å²) in [6.45, 7) is 7.94. The molecule has 1 aliphatic heterocycles. The molecule has 4 rings (SSSR count). The zero-order valence-electron chi connectivity index (χ0n) is 19.7. The molecule has 0 bridgehead atoms. The van der Waals surface area contributed by atoms with E-state index in [1.165, 1.54) is 11.3 Å². The number of piperidine rings is 1. The number of nitrogens with zero attached hydrogens (tertiary/aromatic N) is 4. The van der Waals surface area contributed by atoms with Crippen LogP contribution in [0, 0.1) is 12.8 Å². The summed E-state index contributed by atoms with van der Waals surface area (Å²) in [6, 6.07) is 13.0.